The fraction of sp³-hybridized carbons (Fsp3) is 0.250. The minimum atomic E-state index is -0.311. The van der Waals surface area contributed by atoms with Crippen LogP contribution in [0.2, 0.25) is 5.02 Å². The number of carbonyl (C=O) groups is 1. The Morgan fingerprint density at radius 1 is 0.963 bits per heavy atom. The Labute approximate surface area is 162 Å². The van der Waals surface area contributed by atoms with Gasteiger partial charge < -0.3 is 15.2 Å². The van der Waals surface area contributed by atoms with Crippen LogP contribution in [0.4, 0.5) is 16.2 Å². The van der Waals surface area contributed by atoms with E-state index in [2.05, 4.69) is 25.4 Å². The summed E-state index contributed by atoms with van der Waals surface area (Å²) in [5.74, 6) is 1.90. The van der Waals surface area contributed by atoms with Crippen LogP contribution in [0, 0.1) is 0 Å². The minimum Gasteiger partial charge on any atom is -0.311 e. The molecule has 3 aromatic rings. The third kappa shape index (κ3) is 4.11. The number of carbonyl (C=O) groups excluding carboxylic acids is 1. The Bertz CT molecular complexity index is 951. The number of amides is 2. The van der Waals surface area contributed by atoms with Crippen molar-refractivity contribution in [1.82, 2.24) is 14.8 Å². The van der Waals surface area contributed by atoms with Crippen LogP contribution in [0.25, 0.3) is 11.4 Å². The van der Waals surface area contributed by atoms with E-state index in [1.54, 1.807) is 24.3 Å². The van der Waals surface area contributed by atoms with Crippen molar-refractivity contribution in [2.24, 2.45) is 0 Å². The third-order valence-electron chi connectivity index (χ3n) is 4.59. The number of benzene rings is 2. The highest BCUT2D eigenvalue weighted by Gasteiger charge is 2.16. The summed E-state index contributed by atoms with van der Waals surface area (Å²) < 4.78 is 2.19. The zero-order valence-corrected chi connectivity index (χ0v) is 15.5. The van der Waals surface area contributed by atoms with Gasteiger partial charge in [-0.15, -0.1) is 10.2 Å². The first-order valence-electron chi connectivity index (χ1n) is 9.05. The van der Waals surface area contributed by atoms with Gasteiger partial charge in [0.1, 0.15) is 5.82 Å². The molecule has 0 saturated carbocycles. The number of nitrogens with zero attached hydrogens (tertiary/aromatic N) is 3. The summed E-state index contributed by atoms with van der Waals surface area (Å²) in [6.45, 7) is 0.937. The second-order valence-corrected chi connectivity index (χ2v) is 7.01. The summed E-state index contributed by atoms with van der Waals surface area (Å²) in [5.41, 5.74) is 2.32. The lowest BCUT2D eigenvalue weighted by Crippen LogP contribution is -2.19. The summed E-state index contributed by atoms with van der Waals surface area (Å²) in [4.78, 5) is 12.3. The van der Waals surface area contributed by atoms with Crippen molar-refractivity contribution in [2.75, 3.05) is 10.6 Å². The van der Waals surface area contributed by atoms with Gasteiger partial charge in [0.25, 0.3) is 0 Å². The van der Waals surface area contributed by atoms with Gasteiger partial charge >= 0.3 is 6.03 Å². The number of nitrogens with one attached hydrogen (secondary N) is 2. The molecule has 27 heavy (non-hydrogen) atoms. The number of halogens is 1. The molecule has 1 aliphatic heterocycles. The lowest BCUT2D eigenvalue weighted by molar-refractivity contribution is 0.262. The lowest BCUT2D eigenvalue weighted by atomic mass is 10.2. The first-order valence-corrected chi connectivity index (χ1v) is 9.43. The van der Waals surface area contributed by atoms with Gasteiger partial charge in [-0.3, -0.25) is 0 Å². The lowest BCUT2D eigenvalue weighted by Gasteiger charge is -2.10. The van der Waals surface area contributed by atoms with Crippen LogP contribution < -0.4 is 10.6 Å². The van der Waals surface area contributed by atoms with Crippen LogP contribution in [0.5, 0.6) is 0 Å². The second-order valence-electron chi connectivity index (χ2n) is 6.57. The molecule has 0 atom stereocenters. The highest BCUT2D eigenvalue weighted by Crippen LogP contribution is 2.25. The van der Waals surface area contributed by atoms with E-state index >= 15 is 0 Å². The predicted octanol–water partition coefficient (Wildman–Crippen LogP) is 4.97. The standard InChI is InChI=1S/C20H20ClN5O/c21-15-8-10-16(11-9-15)22-20(27)23-17-6-4-5-14(13-17)19-25-24-18-7-2-1-3-12-26(18)19/h4-6,8-11,13H,1-3,7,12H2,(H2,22,23,27). The third-order valence-corrected chi connectivity index (χ3v) is 4.84. The maximum absolute atomic E-state index is 12.3. The molecule has 2 N–H and O–H groups in total. The molecule has 0 spiro atoms. The zero-order valence-electron chi connectivity index (χ0n) is 14.8. The molecule has 138 valence electrons. The number of hydrogen-bond donors (Lipinski definition) is 2. The minimum absolute atomic E-state index is 0.311. The van der Waals surface area contributed by atoms with Crippen molar-refractivity contribution in [3.8, 4) is 11.4 Å². The van der Waals surface area contributed by atoms with Crippen LogP contribution >= 0.6 is 11.6 Å². The number of urea groups is 1. The van der Waals surface area contributed by atoms with E-state index in [1.165, 1.54) is 6.42 Å². The van der Waals surface area contributed by atoms with Crippen molar-refractivity contribution in [3.05, 3.63) is 59.4 Å². The van der Waals surface area contributed by atoms with E-state index in [-0.39, 0.29) is 6.03 Å². The molecule has 4 rings (SSSR count). The summed E-state index contributed by atoms with van der Waals surface area (Å²) in [6.07, 6.45) is 4.48. The van der Waals surface area contributed by atoms with Crippen LogP contribution in [-0.2, 0) is 13.0 Å². The van der Waals surface area contributed by atoms with E-state index in [1.807, 2.05) is 24.3 Å². The highest BCUT2D eigenvalue weighted by atomic mass is 35.5. The fourth-order valence-corrected chi connectivity index (χ4v) is 3.39. The number of anilines is 2. The quantitative estimate of drug-likeness (QED) is 0.672. The first-order chi connectivity index (χ1) is 13.2. The van der Waals surface area contributed by atoms with Gasteiger partial charge in [0.15, 0.2) is 5.82 Å². The van der Waals surface area contributed by atoms with Gasteiger partial charge in [-0.1, -0.05) is 30.2 Å². The molecule has 2 aromatic carbocycles. The Kier molecular flexibility index (Phi) is 5.07. The molecule has 2 heterocycles. The predicted molar refractivity (Wildman–Crippen MR) is 107 cm³/mol. The number of aromatic nitrogens is 3. The molecule has 0 fully saturated rings. The smallest absolute Gasteiger partial charge is 0.311 e. The van der Waals surface area contributed by atoms with Crippen LogP contribution in [-0.4, -0.2) is 20.8 Å². The normalized spacial score (nSPS) is 13.5. The maximum atomic E-state index is 12.3. The van der Waals surface area contributed by atoms with Gasteiger partial charge in [0, 0.05) is 34.9 Å². The monoisotopic (exact) mass is 381 g/mol. The molecular formula is C20H20ClN5O. The topological polar surface area (TPSA) is 71.8 Å². The molecule has 0 radical (unpaired) electrons. The van der Waals surface area contributed by atoms with Crippen molar-refractivity contribution in [3.63, 3.8) is 0 Å². The number of hydrogen-bond acceptors (Lipinski definition) is 3. The van der Waals surface area contributed by atoms with Crippen LogP contribution in [0.1, 0.15) is 25.1 Å². The highest BCUT2D eigenvalue weighted by molar-refractivity contribution is 6.30. The molecule has 1 aliphatic rings. The SMILES string of the molecule is O=C(Nc1ccc(Cl)cc1)Nc1cccc(-c2nnc3n2CCCCC3)c1. The van der Waals surface area contributed by atoms with Crippen molar-refractivity contribution in [1.29, 1.82) is 0 Å². The molecular weight excluding hydrogens is 362 g/mol. The molecule has 0 unspecified atom stereocenters. The second kappa shape index (κ2) is 7.80. The Morgan fingerprint density at radius 2 is 1.78 bits per heavy atom. The molecule has 7 heteroatoms. The Hall–Kier alpha value is -2.86. The maximum Gasteiger partial charge on any atom is 0.323 e. The first kappa shape index (κ1) is 17.5. The largest absolute Gasteiger partial charge is 0.323 e. The van der Waals surface area contributed by atoms with E-state index < -0.39 is 0 Å². The summed E-state index contributed by atoms with van der Waals surface area (Å²) >= 11 is 5.86. The van der Waals surface area contributed by atoms with Gasteiger partial charge in [-0.25, -0.2) is 4.79 Å². The molecule has 6 nitrogen and oxygen atoms in total. The molecule has 1 aromatic heterocycles. The van der Waals surface area contributed by atoms with Gasteiger partial charge in [-0.2, -0.15) is 0 Å². The average molecular weight is 382 g/mol. The van der Waals surface area contributed by atoms with Crippen molar-refractivity contribution < 1.29 is 4.79 Å². The summed E-state index contributed by atoms with van der Waals surface area (Å²) in [6, 6.07) is 14.3. The van der Waals surface area contributed by atoms with Crippen molar-refractivity contribution in [2.45, 2.75) is 32.2 Å². The Balaban J connectivity index is 1.50. The number of aryl methyl sites for hydroxylation is 1. The molecule has 2 amide bonds. The van der Waals surface area contributed by atoms with E-state index in [0.717, 1.165) is 43.0 Å². The Morgan fingerprint density at radius 3 is 2.63 bits per heavy atom. The average Bonchev–Trinajstić information content (AvgIpc) is 2.92. The molecule has 0 aliphatic carbocycles. The van der Waals surface area contributed by atoms with Gasteiger partial charge in [0.2, 0.25) is 0 Å². The summed E-state index contributed by atoms with van der Waals surface area (Å²) in [7, 11) is 0. The van der Waals surface area contributed by atoms with Crippen LogP contribution in [0.15, 0.2) is 48.5 Å². The molecule has 0 saturated heterocycles. The van der Waals surface area contributed by atoms with E-state index in [9.17, 15) is 4.79 Å². The van der Waals surface area contributed by atoms with Crippen molar-refractivity contribution >= 4 is 29.0 Å². The molecule has 0 bridgehead atoms. The van der Waals surface area contributed by atoms with Gasteiger partial charge in [-0.05, 0) is 49.2 Å². The van der Waals surface area contributed by atoms with Gasteiger partial charge in [0.05, 0.1) is 0 Å². The zero-order chi connectivity index (χ0) is 18.6. The summed E-state index contributed by atoms with van der Waals surface area (Å²) in [5, 5.41) is 15.0. The van der Waals surface area contributed by atoms with E-state index in [0.29, 0.717) is 16.4 Å². The number of rotatable bonds is 3. The number of fused-ring (bicyclic) bond motifs is 1. The van der Waals surface area contributed by atoms with Crippen LogP contribution in [0.3, 0.4) is 0 Å². The van der Waals surface area contributed by atoms with E-state index in [4.69, 9.17) is 11.6 Å². The fourth-order valence-electron chi connectivity index (χ4n) is 3.26.